The molecule has 0 bridgehead atoms. The summed E-state index contributed by atoms with van der Waals surface area (Å²) in [4.78, 5) is 57.6. The Bertz CT molecular complexity index is 1300. The van der Waals surface area contributed by atoms with Crippen molar-refractivity contribution < 1.29 is 23.3 Å². The number of hydrogen-bond acceptors (Lipinski definition) is 6. The van der Waals surface area contributed by atoms with Crippen LogP contribution in [0, 0.1) is 11.7 Å². The zero-order valence-electron chi connectivity index (χ0n) is 18.9. The first-order valence-corrected chi connectivity index (χ1v) is 10.8. The lowest BCUT2D eigenvalue weighted by Gasteiger charge is -2.45. The number of aromatic amines is 1. The van der Waals surface area contributed by atoms with Gasteiger partial charge in [0.25, 0.3) is 11.3 Å². The van der Waals surface area contributed by atoms with Crippen LogP contribution in [0.4, 0.5) is 10.1 Å². The van der Waals surface area contributed by atoms with Gasteiger partial charge in [0.15, 0.2) is 0 Å². The highest BCUT2D eigenvalue weighted by Crippen LogP contribution is 2.29. The molecule has 1 fully saturated rings. The molecule has 10 nitrogen and oxygen atoms in total. The Balaban J connectivity index is 1.60. The summed E-state index contributed by atoms with van der Waals surface area (Å²) in [5.74, 6) is -2.49. The number of anilines is 1. The maximum atomic E-state index is 13.5. The van der Waals surface area contributed by atoms with Crippen molar-refractivity contribution in [2.45, 2.75) is 32.9 Å². The van der Waals surface area contributed by atoms with Crippen LogP contribution in [0.25, 0.3) is 11.1 Å². The number of H-pyrrole nitrogens is 1. The smallest absolute Gasteiger partial charge is 0.313 e. The average molecular weight is 469 g/mol. The van der Waals surface area contributed by atoms with Gasteiger partial charge in [-0.1, -0.05) is 26.0 Å². The Labute approximate surface area is 193 Å². The molecule has 3 amide bonds. The molecule has 3 aromatic rings. The van der Waals surface area contributed by atoms with Crippen LogP contribution >= 0.6 is 0 Å². The number of pyridine rings is 1. The summed E-state index contributed by atoms with van der Waals surface area (Å²) in [5, 5.41) is 4.74. The van der Waals surface area contributed by atoms with E-state index in [2.05, 4.69) is 15.5 Å². The summed E-state index contributed by atoms with van der Waals surface area (Å²) in [6.07, 6.45) is 1.27. The van der Waals surface area contributed by atoms with Crippen LogP contribution in [0.15, 0.2) is 45.8 Å². The standard InChI is InChI=1S/C23H24FN5O5/c1-12(2)22(32)28-11-18(14-4-6-15(24)7-5-14)29(10-13(28)3)23(33)20(31)26-16-8-17-19(30)27-34-21(17)25-9-16/h4-9,12-13,18H,10-11H2,1-3H3,(H,26,31)(H,27,30)/t13?,18-/m1/s1. The van der Waals surface area contributed by atoms with Crippen molar-refractivity contribution in [3.63, 3.8) is 0 Å². The minimum absolute atomic E-state index is 0.0686. The Hall–Kier alpha value is -4.02. The second-order valence-electron chi connectivity index (χ2n) is 8.58. The van der Waals surface area contributed by atoms with E-state index < -0.39 is 29.2 Å². The van der Waals surface area contributed by atoms with Gasteiger partial charge >= 0.3 is 11.8 Å². The van der Waals surface area contributed by atoms with Gasteiger partial charge in [0, 0.05) is 25.0 Å². The molecule has 11 heteroatoms. The summed E-state index contributed by atoms with van der Waals surface area (Å²) >= 11 is 0. The fourth-order valence-corrected chi connectivity index (χ4v) is 4.04. The predicted molar refractivity (Wildman–Crippen MR) is 120 cm³/mol. The number of carbonyl (C=O) groups excluding carboxylic acids is 3. The van der Waals surface area contributed by atoms with E-state index in [-0.39, 0.29) is 47.7 Å². The number of hydrogen-bond donors (Lipinski definition) is 2. The zero-order chi connectivity index (χ0) is 24.6. The molecule has 1 aliphatic heterocycles. The highest BCUT2D eigenvalue weighted by atomic mass is 19.1. The molecule has 178 valence electrons. The number of nitrogens with zero attached hydrogens (tertiary/aromatic N) is 3. The molecule has 0 spiro atoms. The van der Waals surface area contributed by atoms with Crippen LogP contribution in [0.2, 0.25) is 0 Å². The molecule has 0 aliphatic carbocycles. The van der Waals surface area contributed by atoms with Crippen molar-refractivity contribution >= 4 is 34.5 Å². The van der Waals surface area contributed by atoms with Gasteiger partial charge in [-0.15, -0.1) is 0 Å². The van der Waals surface area contributed by atoms with Gasteiger partial charge in [0.1, 0.15) is 11.2 Å². The molecule has 2 aromatic heterocycles. The van der Waals surface area contributed by atoms with Crippen LogP contribution in [-0.4, -0.2) is 56.8 Å². The molecule has 34 heavy (non-hydrogen) atoms. The first-order valence-electron chi connectivity index (χ1n) is 10.8. The number of benzene rings is 1. The SMILES string of the molecule is CC(C)C(=O)N1C[C@H](c2ccc(F)cc2)N(C(=O)C(=O)Nc2cnc3o[nH]c(=O)c3c2)CC1C. The number of carbonyl (C=O) groups is 3. The van der Waals surface area contributed by atoms with Crippen molar-refractivity contribution in [2.24, 2.45) is 5.92 Å². The Morgan fingerprint density at radius 3 is 2.56 bits per heavy atom. The number of rotatable bonds is 3. The lowest BCUT2D eigenvalue weighted by atomic mass is 9.98. The van der Waals surface area contributed by atoms with Crippen molar-refractivity contribution in [3.8, 4) is 0 Å². The van der Waals surface area contributed by atoms with E-state index in [4.69, 9.17) is 4.52 Å². The number of fused-ring (bicyclic) bond motifs is 1. The minimum atomic E-state index is -0.927. The van der Waals surface area contributed by atoms with Gasteiger partial charge in [-0.05, 0) is 30.7 Å². The van der Waals surface area contributed by atoms with E-state index in [1.807, 2.05) is 6.92 Å². The monoisotopic (exact) mass is 469 g/mol. The van der Waals surface area contributed by atoms with Gasteiger partial charge in [-0.25, -0.2) is 9.37 Å². The van der Waals surface area contributed by atoms with E-state index in [9.17, 15) is 23.6 Å². The lowest BCUT2D eigenvalue weighted by Crippen LogP contribution is -2.59. The molecule has 1 saturated heterocycles. The molecule has 2 N–H and O–H groups in total. The lowest BCUT2D eigenvalue weighted by molar-refractivity contribution is -0.152. The molecule has 1 aromatic carbocycles. The summed E-state index contributed by atoms with van der Waals surface area (Å²) < 4.78 is 18.4. The van der Waals surface area contributed by atoms with Crippen molar-refractivity contribution in [3.05, 3.63) is 58.3 Å². The van der Waals surface area contributed by atoms with Crippen molar-refractivity contribution in [1.29, 1.82) is 0 Å². The quantitative estimate of drug-likeness (QED) is 0.565. The van der Waals surface area contributed by atoms with Gasteiger partial charge in [0.05, 0.1) is 17.9 Å². The fourth-order valence-electron chi connectivity index (χ4n) is 4.04. The Morgan fingerprint density at radius 1 is 1.18 bits per heavy atom. The third kappa shape index (κ3) is 4.41. The number of aromatic nitrogens is 2. The number of piperazine rings is 1. The molecule has 3 heterocycles. The Kier molecular flexibility index (Phi) is 6.18. The predicted octanol–water partition coefficient (Wildman–Crippen LogP) is 2.05. The van der Waals surface area contributed by atoms with Gasteiger partial charge in [-0.3, -0.25) is 19.2 Å². The molecule has 0 radical (unpaired) electrons. The maximum absolute atomic E-state index is 13.5. The highest BCUT2D eigenvalue weighted by Gasteiger charge is 2.39. The number of halogens is 1. The second-order valence-corrected chi connectivity index (χ2v) is 8.58. The van der Waals surface area contributed by atoms with Crippen LogP contribution < -0.4 is 10.9 Å². The molecule has 1 unspecified atom stereocenters. The summed E-state index contributed by atoms with van der Waals surface area (Å²) in [7, 11) is 0. The summed E-state index contributed by atoms with van der Waals surface area (Å²) in [6, 6.07) is 6.00. The second kappa shape index (κ2) is 9.08. The topological polar surface area (TPSA) is 129 Å². The van der Waals surface area contributed by atoms with E-state index in [0.29, 0.717) is 5.56 Å². The molecule has 2 atom stereocenters. The summed E-state index contributed by atoms with van der Waals surface area (Å²) in [5.41, 5.74) is 0.313. The van der Waals surface area contributed by atoms with E-state index >= 15 is 0 Å². The van der Waals surface area contributed by atoms with Gasteiger partial charge in [-0.2, -0.15) is 5.16 Å². The van der Waals surface area contributed by atoms with Crippen LogP contribution in [0.3, 0.4) is 0 Å². The number of amides is 3. The highest BCUT2D eigenvalue weighted by molar-refractivity contribution is 6.39. The van der Waals surface area contributed by atoms with Gasteiger partial charge < -0.3 is 19.6 Å². The third-order valence-corrected chi connectivity index (χ3v) is 5.82. The van der Waals surface area contributed by atoms with Crippen LogP contribution in [0.5, 0.6) is 0 Å². The van der Waals surface area contributed by atoms with Gasteiger partial charge in [0.2, 0.25) is 5.91 Å². The van der Waals surface area contributed by atoms with E-state index in [0.717, 1.165) is 0 Å². The minimum Gasteiger partial charge on any atom is -0.358 e. The third-order valence-electron chi connectivity index (χ3n) is 5.82. The van der Waals surface area contributed by atoms with Crippen molar-refractivity contribution in [2.75, 3.05) is 18.4 Å². The molecular weight excluding hydrogens is 445 g/mol. The molecule has 1 aliphatic rings. The number of nitrogens with one attached hydrogen (secondary N) is 2. The summed E-state index contributed by atoms with van der Waals surface area (Å²) in [6.45, 7) is 5.68. The fraction of sp³-hybridized carbons (Fsp3) is 0.348. The Morgan fingerprint density at radius 2 is 1.88 bits per heavy atom. The first-order chi connectivity index (χ1) is 16.2. The average Bonchev–Trinajstić information content (AvgIpc) is 3.18. The normalized spacial score (nSPS) is 18.4. The van der Waals surface area contributed by atoms with Crippen molar-refractivity contribution in [1.82, 2.24) is 19.9 Å². The zero-order valence-corrected chi connectivity index (χ0v) is 18.9. The molecule has 0 saturated carbocycles. The maximum Gasteiger partial charge on any atom is 0.313 e. The van der Waals surface area contributed by atoms with E-state index in [1.165, 1.54) is 41.4 Å². The molecule has 4 rings (SSSR count). The molecular formula is C23H24FN5O5. The van der Waals surface area contributed by atoms with Crippen LogP contribution in [0.1, 0.15) is 32.4 Å². The largest absolute Gasteiger partial charge is 0.358 e. The van der Waals surface area contributed by atoms with E-state index in [1.54, 1.807) is 18.7 Å². The first kappa shape index (κ1) is 23.1. The van der Waals surface area contributed by atoms with Crippen LogP contribution in [-0.2, 0) is 14.4 Å².